The van der Waals surface area contributed by atoms with Crippen LogP contribution in [-0.2, 0) is 4.79 Å². The fourth-order valence-electron chi connectivity index (χ4n) is 4.12. The number of ketones is 1. The van der Waals surface area contributed by atoms with E-state index in [1.54, 1.807) is 33.8 Å². The third kappa shape index (κ3) is 4.79. The molecule has 0 spiro atoms. The van der Waals surface area contributed by atoms with Crippen LogP contribution in [0.2, 0.25) is 0 Å². The fraction of sp³-hybridized carbons (Fsp3) is 0.280. The van der Waals surface area contributed by atoms with Crippen molar-refractivity contribution in [2.75, 3.05) is 24.1 Å². The van der Waals surface area contributed by atoms with Crippen LogP contribution in [0.1, 0.15) is 46.0 Å². The Morgan fingerprint density at radius 2 is 1.76 bits per heavy atom. The molecule has 1 aromatic heterocycles. The number of carbonyl (C=O) groups excluding carboxylic acids is 3. The molecule has 0 saturated carbocycles. The number of hydrogen-bond donors (Lipinski definition) is 2. The third-order valence-electron chi connectivity index (χ3n) is 5.88. The highest BCUT2D eigenvalue weighted by molar-refractivity contribution is 6.02. The van der Waals surface area contributed by atoms with Crippen molar-refractivity contribution < 1.29 is 14.4 Å². The van der Waals surface area contributed by atoms with Crippen molar-refractivity contribution in [1.29, 1.82) is 0 Å². The van der Waals surface area contributed by atoms with Crippen LogP contribution in [0.3, 0.4) is 0 Å². The van der Waals surface area contributed by atoms with Crippen LogP contribution in [0.25, 0.3) is 5.69 Å². The van der Waals surface area contributed by atoms with E-state index >= 15 is 0 Å². The molecule has 1 fully saturated rings. The molecule has 1 saturated heterocycles. The van der Waals surface area contributed by atoms with E-state index in [2.05, 4.69) is 10.4 Å². The van der Waals surface area contributed by atoms with Gasteiger partial charge in [-0.05, 0) is 56.2 Å². The molecule has 0 aliphatic carbocycles. The van der Waals surface area contributed by atoms with E-state index < -0.39 is 0 Å². The summed E-state index contributed by atoms with van der Waals surface area (Å²) in [5.74, 6) is -0.425. The van der Waals surface area contributed by atoms with Gasteiger partial charge in [-0.1, -0.05) is 17.7 Å². The summed E-state index contributed by atoms with van der Waals surface area (Å²) in [6, 6.07) is 14.5. The quantitative estimate of drug-likeness (QED) is 0.585. The SMILES string of the molecule is CC(=O)Nc1ccc(C(=O)N2CCC[C@H](C(=O)c3cnn(-c4ccc(C)cc4)c3N)C2)cc1. The summed E-state index contributed by atoms with van der Waals surface area (Å²) in [6.45, 7) is 4.36. The number of aromatic nitrogens is 2. The lowest BCUT2D eigenvalue weighted by Gasteiger charge is -2.32. The Bertz CT molecular complexity index is 1180. The minimum atomic E-state index is -0.334. The number of nitrogen functional groups attached to an aromatic ring is 1. The minimum Gasteiger partial charge on any atom is -0.383 e. The van der Waals surface area contributed by atoms with Gasteiger partial charge in [0, 0.05) is 37.2 Å². The Labute approximate surface area is 192 Å². The summed E-state index contributed by atoms with van der Waals surface area (Å²) < 4.78 is 1.56. The lowest BCUT2D eigenvalue weighted by Crippen LogP contribution is -2.42. The zero-order valence-corrected chi connectivity index (χ0v) is 18.7. The van der Waals surface area contributed by atoms with Gasteiger partial charge in [0.2, 0.25) is 5.91 Å². The number of likely N-dealkylation sites (tertiary alicyclic amines) is 1. The summed E-state index contributed by atoms with van der Waals surface area (Å²) in [5.41, 5.74) is 9.73. The molecule has 1 aliphatic rings. The predicted octanol–water partition coefficient (Wildman–Crippen LogP) is 3.46. The monoisotopic (exact) mass is 445 g/mol. The molecule has 0 radical (unpaired) electrons. The fourth-order valence-corrected chi connectivity index (χ4v) is 4.12. The number of carbonyl (C=O) groups is 3. The van der Waals surface area contributed by atoms with Crippen LogP contribution in [-0.4, -0.2) is 45.4 Å². The van der Waals surface area contributed by atoms with Gasteiger partial charge < -0.3 is 16.0 Å². The van der Waals surface area contributed by atoms with Crippen molar-refractivity contribution in [1.82, 2.24) is 14.7 Å². The van der Waals surface area contributed by atoms with E-state index in [-0.39, 0.29) is 23.5 Å². The first-order valence-corrected chi connectivity index (χ1v) is 10.9. The number of hydrogen-bond acceptors (Lipinski definition) is 5. The zero-order valence-electron chi connectivity index (χ0n) is 18.7. The lowest BCUT2D eigenvalue weighted by atomic mass is 9.90. The number of Topliss-reactive ketones (excluding diaryl/α,β-unsaturated/α-hetero) is 1. The Kier molecular flexibility index (Phi) is 6.26. The van der Waals surface area contributed by atoms with Crippen LogP contribution < -0.4 is 11.1 Å². The molecule has 3 N–H and O–H groups in total. The van der Waals surface area contributed by atoms with Crippen molar-refractivity contribution in [2.45, 2.75) is 26.7 Å². The van der Waals surface area contributed by atoms with E-state index in [4.69, 9.17) is 5.73 Å². The second-order valence-corrected chi connectivity index (χ2v) is 8.40. The maximum absolute atomic E-state index is 13.3. The number of nitrogens with one attached hydrogen (secondary N) is 1. The van der Waals surface area contributed by atoms with Crippen molar-refractivity contribution in [3.05, 3.63) is 71.4 Å². The maximum atomic E-state index is 13.3. The molecule has 33 heavy (non-hydrogen) atoms. The molecule has 4 rings (SSSR count). The van der Waals surface area contributed by atoms with Crippen LogP contribution in [0.5, 0.6) is 0 Å². The summed E-state index contributed by atoms with van der Waals surface area (Å²) >= 11 is 0. The van der Waals surface area contributed by atoms with E-state index in [0.29, 0.717) is 42.1 Å². The predicted molar refractivity (Wildman–Crippen MR) is 126 cm³/mol. The first-order valence-electron chi connectivity index (χ1n) is 10.9. The van der Waals surface area contributed by atoms with Gasteiger partial charge in [0.1, 0.15) is 5.82 Å². The Morgan fingerprint density at radius 1 is 1.06 bits per heavy atom. The van der Waals surface area contributed by atoms with Gasteiger partial charge in [-0.25, -0.2) is 4.68 Å². The molecule has 8 nitrogen and oxygen atoms in total. The molecule has 0 unspecified atom stereocenters. The largest absolute Gasteiger partial charge is 0.383 e. The Balaban J connectivity index is 1.47. The van der Waals surface area contributed by atoms with Crippen molar-refractivity contribution >= 4 is 29.1 Å². The molecule has 2 heterocycles. The highest BCUT2D eigenvalue weighted by Crippen LogP contribution is 2.26. The van der Waals surface area contributed by atoms with Gasteiger partial charge in [-0.3, -0.25) is 14.4 Å². The maximum Gasteiger partial charge on any atom is 0.253 e. The van der Waals surface area contributed by atoms with Gasteiger partial charge >= 0.3 is 0 Å². The molecule has 3 aromatic rings. The van der Waals surface area contributed by atoms with Crippen molar-refractivity contribution in [3.8, 4) is 5.69 Å². The molecular formula is C25H27N5O3. The van der Waals surface area contributed by atoms with Gasteiger partial charge in [-0.15, -0.1) is 0 Å². The molecular weight excluding hydrogens is 418 g/mol. The first-order chi connectivity index (χ1) is 15.8. The van der Waals surface area contributed by atoms with Crippen molar-refractivity contribution in [3.63, 3.8) is 0 Å². The average molecular weight is 446 g/mol. The Hall–Kier alpha value is -3.94. The average Bonchev–Trinajstić information content (AvgIpc) is 3.20. The molecule has 1 atom stereocenters. The van der Waals surface area contributed by atoms with Gasteiger partial charge in [0.15, 0.2) is 5.78 Å². The van der Waals surface area contributed by atoms with Gasteiger partial charge in [0.25, 0.3) is 5.91 Å². The number of amides is 2. The first kappa shape index (κ1) is 22.3. The number of nitrogens with two attached hydrogens (primary N) is 1. The number of piperidine rings is 1. The topological polar surface area (TPSA) is 110 Å². The van der Waals surface area contributed by atoms with Crippen molar-refractivity contribution in [2.24, 2.45) is 5.92 Å². The highest BCUT2D eigenvalue weighted by Gasteiger charge is 2.31. The standard InChI is InChI=1S/C25H27N5O3/c1-16-5-11-21(12-6-16)30-24(26)22(14-27-30)23(32)19-4-3-13-29(15-19)25(33)18-7-9-20(10-8-18)28-17(2)31/h5-12,14,19H,3-4,13,15,26H2,1-2H3,(H,28,31)/t19-/m0/s1. The molecule has 170 valence electrons. The molecule has 1 aliphatic heterocycles. The normalized spacial score (nSPS) is 15.8. The van der Waals surface area contributed by atoms with Gasteiger partial charge in [0.05, 0.1) is 17.4 Å². The Morgan fingerprint density at radius 3 is 2.42 bits per heavy atom. The van der Waals surface area contributed by atoms with E-state index in [1.165, 1.54) is 13.1 Å². The van der Waals surface area contributed by atoms with E-state index in [1.807, 2.05) is 31.2 Å². The minimum absolute atomic E-state index is 0.0932. The molecule has 2 aromatic carbocycles. The van der Waals surface area contributed by atoms with Crippen LogP contribution in [0, 0.1) is 12.8 Å². The van der Waals surface area contributed by atoms with Crippen LogP contribution in [0.15, 0.2) is 54.7 Å². The summed E-state index contributed by atoms with van der Waals surface area (Å²) in [4.78, 5) is 39.2. The number of aryl methyl sites for hydroxylation is 1. The molecule has 8 heteroatoms. The number of nitrogens with zero attached hydrogens (tertiary/aromatic N) is 3. The lowest BCUT2D eigenvalue weighted by molar-refractivity contribution is -0.114. The van der Waals surface area contributed by atoms with E-state index in [0.717, 1.165) is 17.7 Å². The highest BCUT2D eigenvalue weighted by atomic mass is 16.2. The second kappa shape index (κ2) is 9.28. The zero-order chi connectivity index (χ0) is 23.5. The number of anilines is 2. The second-order valence-electron chi connectivity index (χ2n) is 8.40. The van der Waals surface area contributed by atoms with E-state index in [9.17, 15) is 14.4 Å². The van der Waals surface area contributed by atoms with Gasteiger partial charge in [-0.2, -0.15) is 5.10 Å². The molecule has 0 bridgehead atoms. The summed E-state index contributed by atoms with van der Waals surface area (Å²) in [7, 11) is 0. The molecule has 2 amide bonds. The number of benzene rings is 2. The number of rotatable bonds is 5. The third-order valence-corrected chi connectivity index (χ3v) is 5.88. The van der Waals surface area contributed by atoms with Crippen LogP contribution >= 0.6 is 0 Å². The smallest absolute Gasteiger partial charge is 0.253 e. The summed E-state index contributed by atoms with van der Waals surface area (Å²) in [6.07, 6.45) is 2.94. The summed E-state index contributed by atoms with van der Waals surface area (Å²) in [5, 5.41) is 7.01. The van der Waals surface area contributed by atoms with Crippen LogP contribution in [0.4, 0.5) is 11.5 Å².